The van der Waals surface area contributed by atoms with Crippen LogP contribution >= 0.6 is 0 Å². The molecular formula is C18H26N6O. The lowest BCUT2D eigenvalue weighted by Gasteiger charge is -2.26. The average Bonchev–Trinajstić information content (AvgIpc) is 3.42. The summed E-state index contributed by atoms with van der Waals surface area (Å²) in [6, 6.07) is 2.59. The zero-order valence-corrected chi connectivity index (χ0v) is 15.1. The molecule has 0 bridgehead atoms. The van der Waals surface area contributed by atoms with Crippen LogP contribution in [0.5, 0.6) is 0 Å². The molecule has 0 N–H and O–H groups in total. The molecule has 1 aliphatic carbocycles. The first-order valence-electron chi connectivity index (χ1n) is 9.26. The molecule has 134 valence electrons. The second kappa shape index (κ2) is 7.07. The molecule has 0 radical (unpaired) electrons. The van der Waals surface area contributed by atoms with Crippen LogP contribution in [-0.4, -0.2) is 51.2 Å². The number of aryl methyl sites for hydroxylation is 1. The van der Waals surface area contributed by atoms with Gasteiger partial charge in [0, 0.05) is 38.2 Å². The van der Waals surface area contributed by atoms with E-state index in [4.69, 9.17) is 9.51 Å². The molecular weight excluding hydrogens is 316 g/mol. The number of aromatic nitrogens is 4. The molecule has 0 spiro atoms. The predicted molar refractivity (Wildman–Crippen MR) is 94.4 cm³/mol. The lowest BCUT2D eigenvalue weighted by molar-refractivity contribution is 0.209. The van der Waals surface area contributed by atoms with Gasteiger partial charge in [-0.05, 0) is 45.2 Å². The molecule has 3 heterocycles. The summed E-state index contributed by atoms with van der Waals surface area (Å²) in [6.45, 7) is 4.66. The Morgan fingerprint density at radius 1 is 1.20 bits per heavy atom. The first kappa shape index (κ1) is 16.4. The van der Waals surface area contributed by atoms with Gasteiger partial charge in [-0.15, -0.1) is 0 Å². The first-order chi connectivity index (χ1) is 12.2. The SMILES string of the molecule is Cc1nc(CN(C)C2CCCN(c3ccnc(C4CC4)n3)CC2)no1. The van der Waals surface area contributed by atoms with Gasteiger partial charge in [0.05, 0.1) is 6.54 Å². The lowest BCUT2D eigenvalue weighted by atomic mass is 10.1. The third kappa shape index (κ3) is 3.98. The van der Waals surface area contributed by atoms with Crippen LogP contribution in [0.2, 0.25) is 0 Å². The molecule has 0 amide bonds. The van der Waals surface area contributed by atoms with Crippen molar-refractivity contribution in [1.29, 1.82) is 0 Å². The van der Waals surface area contributed by atoms with Gasteiger partial charge in [0.2, 0.25) is 5.89 Å². The highest BCUT2D eigenvalue weighted by Gasteiger charge is 2.27. The topological polar surface area (TPSA) is 71.2 Å². The Bertz CT molecular complexity index is 713. The van der Waals surface area contributed by atoms with Gasteiger partial charge in [-0.3, -0.25) is 4.90 Å². The maximum absolute atomic E-state index is 5.08. The van der Waals surface area contributed by atoms with Crippen LogP contribution in [0.25, 0.3) is 0 Å². The number of anilines is 1. The minimum Gasteiger partial charge on any atom is -0.356 e. The molecule has 1 atom stereocenters. The highest BCUT2D eigenvalue weighted by atomic mass is 16.5. The second-order valence-electron chi connectivity index (χ2n) is 7.26. The molecule has 7 nitrogen and oxygen atoms in total. The van der Waals surface area contributed by atoms with Crippen LogP contribution < -0.4 is 4.90 Å². The van der Waals surface area contributed by atoms with Gasteiger partial charge in [-0.1, -0.05) is 5.16 Å². The van der Waals surface area contributed by atoms with Gasteiger partial charge in [0.25, 0.3) is 0 Å². The molecule has 1 saturated heterocycles. The average molecular weight is 342 g/mol. The Morgan fingerprint density at radius 2 is 2.08 bits per heavy atom. The third-order valence-electron chi connectivity index (χ3n) is 5.21. The van der Waals surface area contributed by atoms with E-state index in [2.05, 4.69) is 38.0 Å². The molecule has 4 rings (SSSR count). The summed E-state index contributed by atoms with van der Waals surface area (Å²) in [5.41, 5.74) is 0. The maximum atomic E-state index is 5.08. The van der Waals surface area contributed by atoms with Gasteiger partial charge in [0.1, 0.15) is 11.6 Å². The minimum atomic E-state index is 0.536. The maximum Gasteiger partial charge on any atom is 0.223 e. The summed E-state index contributed by atoms with van der Waals surface area (Å²) in [4.78, 5) is 18.3. The fourth-order valence-corrected chi connectivity index (χ4v) is 3.58. The lowest BCUT2D eigenvalue weighted by Crippen LogP contribution is -2.33. The van der Waals surface area contributed by atoms with Crippen molar-refractivity contribution in [1.82, 2.24) is 25.0 Å². The third-order valence-corrected chi connectivity index (χ3v) is 5.21. The van der Waals surface area contributed by atoms with Crippen LogP contribution in [0.15, 0.2) is 16.8 Å². The van der Waals surface area contributed by atoms with Crippen LogP contribution in [0, 0.1) is 6.92 Å². The van der Waals surface area contributed by atoms with E-state index in [1.807, 2.05) is 13.1 Å². The minimum absolute atomic E-state index is 0.536. The molecule has 0 aromatic carbocycles. The monoisotopic (exact) mass is 342 g/mol. The molecule has 25 heavy (non-hydrogen) atoms. The molecule has 1 aliphatic heterocycles. The van der Waals surface area contributed by atoms with Gasteiger partial charge < -0.3 is 9.42 Å². The van der Waals surface area contributed by atoms with Gasteiger partial charge in [-0.25, -0.2) is 9.97 Å². The summed E-state index contributed by atoms with van der Waals surface area (Å²) >= 11 is 0. The number of rotatable bonds is 5. The van der Waals surface area contributed by atoms with Crippen molar-refractivity contribution in [3.05, 3.63) is 29.8 Å². The van der Waals surface area contributed by atoms with E-state index in [0.29, 0.717) is 17.9 Å². The van der Waals surface area contributed by atoms with Gasteiger partial charge in [0.15, 0.2) is 5.82 Å². The van der Waals surface area contributed by atoms with Crippen molar-refractivity contribution in [3.8, 4) is 0 Å². The number of nitrogens with zero attached hydrogens (tertiary/aromatic N) is 6. The predicted octanol–water partition coefficient (Wildman–Crippen LogP) is 2.54. The Labute approximate surface area is 148 Å². The summed E-state index contributed by atoms with van der Waals surface area (Å²) in [7, 11) is 2.15. The molecule has 2 aromatic heterocycles. The van der Waals surface area contributed by atoms with Crippen molar-refractivity contribution in [2.45, 2.75) is 57.5 Å². The highest BCUT2D eigenvalue weighted by molar-refractivity contribution is 5.38. The van der Waals surface area contributed by atoms with E-state index in [9.17, 15) is 0 Å². The summed E-state index contributed by atoms with van der Waals surface area (Å²) in [5, 5.41) is 4.01. The summed E-state index contributed by atoms with van der Waals surface area (Å²) in [6.07, 6.45) is 7.88. The summed E-state index contributed by atoms with van der Waals surface area (Å²) in [5.74, 6) is 4.12. The molecule has 1 saturated carbocycles. The molecule has 7 heteroatoms. The Hall–Kier alpha value is -2.02. The molecule has 2 fully saturated rings. The van der Waals surface area contributed by atoms with E-state index in [-0.39, 0.29) is 0 Å². The second-order valence-corrected chi connectivity index (χ2v) is 7.26. The summed E-state index contributed by atoms with van der Waals surface area (Å²) < 4.78 is 5.08. The van der Waals surface area contributed by atoms with Crippen LogP contribution in [0.1, 0.15) is 55.6 Å². The Balaban J connectivity index is 1.37. The van der Waals surface area contributed by atoms with Crippen LogP contribution in [-0.2, 0) is 6.54 Å². The van der Waals surface area contributed by atoms with E-state index in [0.717, 1.165) is 43.5 Å². The van der Waals surface area contributed by atoms with Crippen LogP contribution in [0.3, 0.4) is 0 Å². The first-order valence-corrected chi connectivity index (χ1v) is 9.26. The van der Waals surface area contributed by atoms with E-state index in [1.54, 1.807) is 0 Å². The van der Waals surface area contributed by atoms with E-state index >= 15 is 0 Å². The molecule has 1 unspecified atom stereocenters. The van der Waals surface area contributed by atoms with Crippen molar-refractivity contribution in [2.75, 3.05) is 25.0 Å². The zero-order chi connectivity index (χ0) is 17.2. The van der Waals surface area contributed by atoms with Gasteiger partial charge in [-0.2, -0.15) is 4.98 Å². The Kier molecular flexibility index (Phi) is 4.65. The van der Waals surface area contributed by atoms with Crippen molar-refractivity contribution >= 4 is 5.82 Å². The highest BCUT2D eigenvalue weighted by Crippen LogP contribution is 2.38. The molecule has 2 aromatic rings. The fourth-order valence-electron chi connectivity index (χ4n) is 3.58. The van der Waals surface area contributed by atoms with Crippen molar-refractivity contribution < 1.29 is 4.52 Å². The van der Waals surface area contributed by atoms with Gasteiger partial charge >= 0.3 is 0 Å². The number of hydrogen-bond donors (Lipinski definition) is 0. The van der Waals surface area contributed by atoms with E-state index in [1.165, 1.54) is 25.7 Å². The normalized spacial score (nSPS) is 21.6. The smallest absolute Gasteiger partial charge is 0.223 e. The van der Waals surface area contributed by atoms with Crippen molar-refractivity contribution in [2.24, 2.45) is 0 Å². The quantitative estimate of drug-likeness (QED) is 0.827. The fraction of sp³-hybridized carbons (Fsp3) is 0.667. The van der Waals surface area contributed by atoms with Crippen molar-refractivity contribution in [3.63, 3.8) is 0 Å². The number of hydrogen-bond acceptors (Lipinski definition) is 7. The van der Waals surface area contributed by atoms with Crippen LogP contribution in [0.4, 0.5) is 5.82 Å². The van der Waals surface area contributed by atoms with E-state index < -0.39 is 0 Å². The zero-order valence-electron chi connectivity index (χ0n) is 15.1. The standard InChI is InChI=1S/C18H26N6O/c1-13-20-16(22-25-13)12-23(2)15-4-3-10-24(11-8-15)17-7-9-19-18(21-17)14-5-6-14/h7,9,14-15H,3-6,8,10-12H2,1-2H3. The Morgan fingerprint density at radius 3 is 2.84 bits per heavy atom. The largest absolute Gasteiger partial charge is 0.356 e. The molecule has 2 aliphatic rings.